The number of hydrogen-bond donors (Lipinski definition) is 5. The van der Waals surface area contributed by atoms with Crippen LogP contribution in [0, 0.1) is 0 Å². The van der Waals surface area contributed by atoms with Crippen molar-refractivity contribution < 1.29 is 33.5 Å². The summed E-state index contributed by atoms with van der Waals surface area (Å²) in [4.78, 5) is 39.6. The normalized spacial score (nSPS) is 11.8. The Bertz CT molecular complexity index is 1620. The lowest BCUT2D eigenvalue weighted by Gasteiger charge is -2.16. The first-order valence-electron chi connectivity index (χ1n) is 14.1. The molecule has 0 atom stereocenters. The number of unbranched alkanes of at least 4 members (excludes halogenated alkanes) is 1. The second-order valence-electron chi connectivity index (χ2n) is 10.2. The van der Waals surface area contributed by atoms with Crippen LogP contribution < -0.4 is 15.6 Å². The topological polar surface area (TPSA) is 182 Å². The summed E-state index contributed by atoms with van der Waals surface area (Å²) < 4.78 is 24.2. The van der Waals surface area contributed by atoms with Crippen LogP contribution in [-0.2, 0) is 33.5 Å². The minimum absolute atomic E-state index is 0.0407. The summed E-state index contributed by atoms with van der Waals surface area (Å²) in [6.07, 6.45) is 4.81. The predicted octanol–water partition coefficient (Wildman–Crippen LogP) is 4.59. The minimum atomic E-state index is -4.93. The number of aromatic hydroxyl groups is 1. The number of nitrogens with one attached hydrogen (secondary N) is 1. The molecule has 2 heterocycles. The van der Waals surface area contributed by atoms with E-state index in [0.29, 0.717) is 48.1 Å². The van der Waals surface area contributed by atoms with Crippen molar-refractivity contribution in [2.24, 2.45) is 0 Å². The van der Waals surface area contributed by atoms with E-state index in [1.54, 1.807) is 12.1 Å². The summed E-state index contributed by atoms with van der Waals surface area (Å²) in [5.74, 6) is 0.339. The number of phosphoric acid groups is 1. The van der Waals surface area contributed by atoms with Gasteiger partial charge >= 0.3 is 7.82 Å². The number of hydrogen-bond acceptors (Lipinski definition) is 8. The largest absolute Gasteiger partial charge is 0.524 e. The third-order valence-corrected chi connectivity index (χ3v) is 7.81. The fraction of sp³-hybridized carbons (Fsp3) is 0.414. The molecule has 43 heavy (non-hydrogen) atoms. The van der Waals surface area contributed by atoms with Crippen LogP contribution in [0.15, 0.2) is 36.4 Å². The summed E-state index contributed by atoms with van der Waals surface area (Å²) >= 11 is 3.12. The van der Waals surface area contributed by atoms with Crippen molar-refractivity contribution in [2.75, 3.05) is 30.8 Å². The molecule has 14 heteroatoms. The molecule has 4 aromatic rings. The molecule has 0 bridgehead atoms. The number of carbonyl (C=O) groups is 1. The van der Waals surface area contributed by atoms with Gasteiger partial charge < -0.3 is 30.0 Å². The number of amides is 1. The molecule has 0 spiro atoms. The van der Waals surface area contributed by atoms with Crippen LogP contribution in [0.4, 0.5) is 5.82 Å². The number of anilines is 1. The molecule has 0 aliphatic heterocycles. The van der Waals surface area contributed by atoms with Gasteiger partial charge in [0.05, 0.1) is 22.9 Å². The molecule has 2 aromatic carbocycles. The highest BCUT2D eigenvalue weighted by Crippen LogP contribution is 2.44. The zero-order chi connectivity index (χ0) is 31.0. The molecule has 6 N–H and O–H groups in total. The summed E-state index contributed by atoms with van der Waals surface area (Å²) in [6.45, 7) is 3.96. The maximum absolute atomic E-state index is 11.7. The van der Waals surface area contributed by atoms with Gasteiger partial charge in [0, 0.05) is 37.1 Å². The number of carbonyl (C=O) groups excluding carboxylic acids is 1. The number of aromatic nitrogens is 3. The first kappa shape index (κ1) is 32.7. The summed E-state index contributed by atoms with van der Waals surface area (Å²) in [6, 6.07) is 10.6. The summed E-state index contributed by atoms with van der Waals surface area (Å²) in [5.41, 5.74) is 9.88. The molecular formula is C29H37BrN5O7P. The van der Waals surface area contributed by atoms with Gasteiger partial charge in [-0.15, -0.1) is 0 Å². The molecule has 0 fully saturated rings. The number of rotatable bonds is 16. The van der Waals surface area contributed by atoms with Crippen molar-refractivity contribution in [3.8, 4) is 11.5 Å². The Balaban J connectivity index is 1.59. The van der Waals surface area contributed by atoms with E-state index in [1.165, 1.54) is 6.07 Å². The van der Waals surface area contributed by atoms with Crippen LogP contribution in [0.25, 0.3) is 21.9 Å². The van der Waals surface area contributed by atoms with Crippen LogP contribution in [0.1, 0.15) is 49.6 Å². The average Bonchev–Trinajstić information content (AvgIpc) is 3.33. The molecule has 0 unspecified atom stereocenters. The van der Waals surface area contributed by atoms with Crippen molar-refractivity contribution in [3.63, 3.8) is 0 Å². The molecular weight excluding hydrogens is 641 g/mol. The van der Waals surface area contributed by atoms with E-state index in [-0.39, 0.29) is 29.8 Å². The van der Waals surface area contributed by atoms with E-state index in [9.17, 15) is 24.3 Å². The number of nitrogens with two attached hydrogens (primary N) is 1. The Morgan fingerprint density at radius 3 is 2.65 bits per heavy atom. The highest BCUT2D eigenvalue weighted by molar-refractivity contribution is 9.09. The second kappa shape index (κ2) is 15.0. The number of phenolic OH excluding ortho intramolecular Hbond substituents is 1. The van der Waals surface area contributed by atoms with E-state index >= 15 is 0 Å². The number of fused-ring (bicyclic) bond motifs is 3. The van der Waals surface area contributed by atoms with Crippen LogP contribution in [0.3, 0.4) is 0 Å². The Hall–Kier alpha value is -3.22. The molecule has 1 amide bonds. The summed E-state index contributed by atoms with van der Waals surface area (Å²) in [5, 5.41) is 14.3. The molecule has 232 valence electrons. The standard InChI is InChI=1S/C29H37BrN5O7P/c1-2-3-10-24-34-26-27(35(24)18-20-8-4-9-23(36)28(20)42-43(38,39)40)21-12-11-19(16-22(21)33-29(26)31)7-5-14-41-15-6-13-32-25(37)17-30/h4,8-9,11-12,16,36H,2-3,5-7,10,13-15,17-18H2,1H3,(H2,31,33)(H,32,37)(H2,38,39,40). The SMILES string of the molecule is CCCCc1nc2c(N)nc3cc(CCCOCCCNC(=O)CBr)ccc3c2n1Cc1cccc(O)c1OP(=O)(O)O. The number of imidazole rings is 1. The highest BCUT2D eigenvalue weighted by atomic mass is 79.9. The van der Waals surface area contributed by atoms with Crippen LogP contribution in [0.5, 0.6) is 11.5 Å². The van der Waals surface area contributed by atoms with Crippen LogP contribution >= 0.6 is 23.8 Å². The number of para-hydroxylation sites is 1. The van der Waals surface area contributed by atoms with Gasteiger partial charge in [0.25, 0.3) is 0 Å². The molecule has 2 aromatic heterocycles. The van der Waals surface area contributed by atoms with E-state index in [1.807, 2.05) is 22.8 Å². The van der Waals surface area contributed by atoms with Crippen molar-refractivity contribution in [3.05, 3.63) is 53.3 Å². The monoisotopic (exact) mass is 677 g/mol. The fourth-order valence-corrected chi connectivity index (χ4v) is 5.52. The molecule has 12 nitrogen and oxygen atoms in total. The Morgan fingerprint density at radius 2 is 1.91 bits per heavy atom. The van der Waals surface area contributed by atoms with Crippen molar-refractivity contribution in [1.82, 2.24) is 19.9 Å². The lowest BCUT2D eigenvalue weighted by atomic mass is 10.1. The highest BCUT2D eigenvalue weighted by Gasteiger charge is 2.24. The number of halogens is 1. The first-order valence-corrected chi connectivity index (χ1v) is 16.8. The molecule has 0 aliphatic rings. The predicted molar refractivity (Wildman–Crippen MR) is 168 cm³/mol. The van der Waals surface area contributed by atoms with Crippen molar-refractivity contribution >= 4 is 57.4 Å². The number of phenols is 1. The van der Waals surface area contributed by atoms with Gasteiger partial charge in [-0.1, -0.05) is 53.5 Å². The number of ether oxygens (including phenoxy) is 1. The van der Waals surface area contributed by atoms with Gasteiger partial charge in [0.15, 0.2) is 17.3 Å². The maximum atomic E-state index is 11.7. The van der Waals surface area contributed by atoms with Gasteiger partial charge in [-0.05, 0) is 43.4 Å². The Labute approximate surface area is 258 Å². The quantitative estimate of drug-likeness (QED) is 0.0639. The maximum Gasteiger partial charge on any atom is 0.524 e. The van der Waals surface area contributed by atoms with E-state index in [4.69, 9.17) is 20.0 Å². The smallest absolute Gasteiger partial charge is 0.504 e. The molecule has 4 rings (SSSR count). The van der Waals surface area contributed by atoms with Crippen molar-refractivity contribution in [1.29, 1.82) is 0 Å². The van der Waals surface area contributed by atoms with Crippen molar-refractivity contribution in [2.45, 2.75) is 52.0 Å². The lowest BCUT2D eigenvalue weighted by molar-refractivity contribution is -0.118. The third kappa shape index (κ3) is 8.67. The Kier molecular flexibility index (Phi) is 11.4. The van der Waals surface area contributed by atoms with Crippen LogP contribution in [0.2, 0.25) is 0 Å². The number of benzene rings is 2. The van der Waals surface area contributed by atoms with Crippen LogP contribution in [-0.4, -0.2) is 60.4 Å². The Morgan fingerprint density at radius 1 is 1.12 bits per heavy atom. The van der Waals surface area contributed by atoms with Gasteiger partial charge in [-0.3, -0.25) is 14.6 Å². The zero-order valence-electron chi connectivity index (χ0n) is 24.0. The number of nitrogen functional groups attached to an aromatic ring is 1. The zero-order valence-corrected chi connectivity index (χ0v) is 26.4. The number of alkyl halides is 1. The summed E-state index contributed by atoms with van der Waals surface area (Å²) in [7, 11) is -4.93. The third-order valence-electron chi connectivity index (χ3n) is 6.88. The molecule has 0 saturated heterocycles. The minimum Gasteiger partial charge on any atom is -0.504 e. The number of aryl methyl sites for hydroxylation is 2. The van der Waals surface area contributed by atoms with E-state index in [0.717, 1.165) is 54.4 Å². The molecule has 0 saturated carbocycles. The average molecular weight is 679 g/mol. The van der Waals surface area contributed by atoms with Gasteiger partial charge in [-0.25, -0.2) is 14.5 Å². The number of pyridine rings is 1. The van der Waals surface area contributed by atoms with Gasteiger partial charge in [0.1, 0.15) is 11.3 Å². The molecule has 0 radical (unpaired) electrons. The van der Waals surface area contributed by atoms with E-state index in [2.05, 4.69) is 33.2 Å². The van der Waals surface area contributed by atoms with Gasteiger partial charge in [0.2, 0.25) is 5.91 Å². The number of nitrogens with zero attached hydrogens (tertiary/aromatic N) is 3. The fourth-order valence-electron chi connectivity index (χ4n) is 4.88. The molecule has 0 aliphatic carbocycles. The van der Waals surface area contributed by atoms with Gasteiger partial charge in [-0.2, -0.15) is 0 Å². The second-order valence-corrected chi connectivity index (χ2v) is 11.9. The number of phosphoric ester groups is 1. The van der Waals surface area contributed by atoms with E-state index < -0.39 is 7.82 Å². The first-order chi connectivity index (χ1) is 20.6. The lowest BCUT2D eigenvalue weighted by Crippen LogP contribution is -2.26.